The zero-order valence-corrected chi connectivity index (χ0v) is 15.6. The molecule has 0 fully saturated rings. The van der Waals surface area contributed by atoms with Crippen molar-refractivity contribution in [1.82, 2.24) is 4.31 Å². The molecule has 6 heteroatoms. The second kappa shape index (κ2) is 7.31. The first-order chi connectivity index (χ1) is 12.9. The molecule has 136 valence electrons. The minimum atomic E-state index is -3.86. The van der Waals surface area contributed by atoms with Crippen molar-refractivity contribution in [3.63, 3.8) is 0 Å². The van der Waals surface area contributed by atoms with Crippen LogP contribution >= 0.6 is 0 Å². The van der Waals surface area contributed by atoms with Crippen molar-refractivity contribution in [2.24, 2.45) is 0 Å². The molecule has 1 aliphatic rings. The highest BCUT2D eigenvalue weighted by molar-refractivity contribution is 7.89. The van der Waals surface area contributed by atoms with E-state index in [4.69, 9.17) is 5.26 Å². The van der Waals surface area contributed by atoms with Gasteiger partial charge < -0.3 is 0 Å². The van der Waals surface area contributed by atoms with Crippen molar-refractivity contribution in [2.45, 2.75) is 17.9 Å². The highest BCUT2D eigenvalue weighted by Crippen LogP contribution is 2.37. The van der Waals surface area contributed by atoms with Gasteiger partial charge in [-0.2, -0.15) is 9.57 Å². The number of hydrogen-bond acceptors (Lipinski definition) is 4. The standard InChI is InChI=1S/C21H18N2O3S/c1-15-3-9-20(10-4-15)27(25,26)23-13-18(14-24)11-16(2)21(23)19-7-5-17(12-22)6-8-19/h3-11,14,21H,2,13H2,1H3/t21-/m0/s1. The molecule has 0 unspecified atom stereocenters. The van der Waals surface area contributed by atoms with Crippen LogP contribution in [0.15, 0.2) is 77.2 Å². The quantitative estimate of drug-likeness (QED) is 0.765. The lowest BCUT2D eigenvalue weighted by Crippen LogP contribution is -2.39. The molecule has 3 rings (SSSR count). The van der Waals surface area contributed by atoms with Gasteiger partial charge in [-0.25, -0.2) is 8.42 Å². The van der Waals surface area contributed by atoms with E-state index in [1.807, 2.05) is 13.0 Å². The Morgan fingerprint density at radius 2 is 1.78 bits per heavy atom. The third kappa shape index (κ3) is 3.61. The molecule has 1 atom stereocenters. The number of benzene rings is 2. The van der Waals surface area contributed by atoms with Crippen LogP contribution in [0.5, 0.6) is 0 Å². The molecule has 0 radical (unpaired) electrons. The summed E-state index contributed by atoms with van der Waals surface area (Å²) in [6.07, 6.45) is 2.27. The number of hydrogen-bond donors (Lipinski definition) is 0. The molecule has 0 bridgehead atoms. The Balaban J connectivity index is 2.12. The Bertz CT molecular complexity index is 1060. The number of carbonyl (C=O) groups is 1. The van der Waals surface area contributed by atoms with Crippen LogP contribution in [0.2, 0.25) is 0 Å². The lowest BCUT2D eigenvalue weighted by molar-refractivity contribution is -0.105. The molecule has 0 spiro atoms. The summed E-state index contributed by atoms with van der Waals surface area (Å²) < 4.78 is 27.9. The van der Waals surface area contributed by atoms with Gasteiger partial charge in [-0.15, -0.1) is 0 Å². The Labute approximate surface area is 158 Å². The van der Waals surface area contributed by atoms with Gasteiger partial charge in [0.25, 0.3) is 0 Å². The molecule has 0 amide bonds. The van der Waals surface area contributed by atoms with E-state index >= 15 is 0 Å². The van der Waals surface area contributed by atoms with Crippen molar-refractivity contribution in [3.8, 4) is 6.07 Å². The second-order valence-corrected chi connectivity index (χ2v) is 8.30. The first-order valence-electron chi connectivity index (χ1n) is 8.30. The maximum Gasteiger partial charge on any atom is 0.244 e. The fourth-order valence-corrected chi connectivity index (χ4v) is 4.68. The summed E-state index contributed by atoms with van der Waals surface area (Å²) in [7, 11) is -3.86. The number of nitriles is 1. The summed E-state index contributed by atoms with van der Waals surface area (Å²) in [6, 6.07) is 14.7. The lowest BCUT2D eigenvalue weighted by Gasteiger charge is -2.35. The predicted molar refractivity (Wildman–Crippen MR) is 102 cm³/mol. The zero-order valence-electron chi connectivity index (χ0n) is 14.8. The van der Waals surface area contributed by atoms with Crippen molar-refractivity contribution in [2.75, 3.05) is 6.54 Å². The molecular weight excluding hydrogens is 360 g/mol. The van der Waals surface area contributed by atoms with E-state index in [9.17, 15) is 13.2 Å². The first-order valence-corrected chi connectivity index (χ1v) is 9.74. The van der Waals surface area contributed by atoms with Gasteiger partial charge in [0, 0.05) is 12.1 Å². The maximum atomic E-state index is 13.3. The van der Waals surface area contributed by atoms with Gasteiger partial charge in [-0.1, -0.05) is 36.4 Å². The molecule has 0 saturated heterocycles. The van der Waals surface area contributed by atoms with Gasteiger partial charge in [0.15, 0.2) is 0 Å². The van der Waals surface area contributed by atoms with Crippen molar-refractivity contribution < 1.29 is 13.2 Å². The van der Waals surface area contributed by atoms with E-state index in [-0.39, 0.29) is 11.4 Å². The molecule has 1 heterocycles. The highest BCUT2D eigenvalue weighted by Gasteiger charge is 2.36. The van der Waals surface area contributed by atoms with E-state index < -0.39 is 16.1 Å². The molecular formula is C21H18N2O3S. The predicted octanol–water partition coefficient (Wildman–Crippen LogP) is 3.29. The molecule has 0 aliphatic carbocycles. The van der Waals surface area contributed by atoms with Crippen molar-refractivity contribution >= 4 is 16.3 Å². The average molecular weight is 378 g/mol. The lowest BCUT2D eigenvalue weighted by atomic mass is 9.94. The summed E-state index contributed by atoms with van der Waals surface area (Å²) >= 11 is 0. The number of sulfonamides is 1. The van der Waals surface area contributed by atoms with Gasteiger partial charge in [0.1, 0.15) is 6.29 Å². The normalized spacial score (nSPS) is 17.9. The van der Waals surface area contributed by atoms with Gasteiger partial charge in [-0.3, -0.25) is 4.79 Å². The molecule has 27 heavy (non-hydrogen) atoms. The molecule has 0 N–H and O–H groups in total. The Morgan fingerprint density at radius 1 is 1.15 bits per heavy atom. The van der Waals surface area contributed by atoms with Crippen LogP contribution < -0.4 is 0 Å². The third-order valence-electron chi connectivity index (χ3n) is 4.48. The minimum Gasteiger partial charge on any atom is -0.298 e. The van der Waals surface area contributed by atoms with Gasteiger partial charge in [0.05, 0.1) is 22.6 Å². The van der Waals surface area contributed by atoms with Crippen LogP contribution in [-0.4, -0.2) is 25.6 Å². The summed E-state index contributed by atoms with van der Waals surface area (Å²) in [5.74, 6) is 0. The highest BCUT2D eigenvalue weighted by atomic mass is 32.2. The van der Waals surface area contributed by atoms with Gasteiger partial charge in [0.2, 0.25) is 10.0 Å². The van der Waals surface area contributed by atoms with Gasteiger partial charge in [-0.05, 0) is 48.4 Å². The van der Waals surface area contributed by atoms with Crippen LogP contribution in [0.25, 0.3) is 0 Å². The largest absolute Gasteiger partial charge is 0.298 e. The second-order valence-electron chi connectivity index (χ2n) is 6.41. The van der Waals surface area contributed by atoms with Crippen LogP contribution in [0.1, 0.15) is 22.7 Å². The van der Waals surface area contributed by atoms with Crippen molar-refractivity contribution in [3.05, 3.63) is 89.0 Å². The SMILES string of the molecule is C=C1C=C(C=O)CN(S(=O)(=O)c2ccc(C)cc2)[C@@H]1c1ccc(C#N)cc1. The monoisotopic (exact) mass is 378 g/mol. The van der Waals surface area contributed by atoms with E-state index in [1.54, 1.807) is 54.6 Å². The summed E-state index contributed by atoms with van der Waals surface area (Å²) in [5, 5.41) is 8.99. The van der Waals surface area contributed by atoms with Crippen LogP contribution in [0.3, 0.4) is 0 Å². The minimum absolute atomic E-state index is 0.0383. The Hall–Kier alpha value is -3.01. The smallest absolute Gasteiger partial charge is 0.244 e. The van der Waals surface area contributed by atoms with Crippen LogP contribution in [0.4, 0.5) is 0 Å². The Kier molecular flexibility index (Phi) is 5.08. The molecule has 0 aromatic heterocycles. The molecule has 0 saturated carbocycles. The van der Waals surface area contributed by atoms with E-state index in [0.29, 0.717) is 28.6 Å². The van der Waals surface area contributed by atoms with Crippen molar-refractivity contribution in [1.29, 1.82) is 5.26 Å². The topological polar surface area (TPSA) is 78.2 Å². The average Bonchev–Trinajstić information content (AvgIpc) is 2.67. The molecule has 2 aromatic carbocycles. The first kappa shape index (κ1) is 18.8. The molecule has 5 nitrogen and oxygen atoms in total. The molecule has 2 aromatic rings. The summed E-state index contributed by atoms with van der Waals surface area (Å²) in [5.41, 5.74) is 2.98. The van der Waals surface area contributed by atoms with Crippen LogP contribution in [0, 0.1) is 18.3 Å². The van der Waals surface area contributed by atoms with E-state index in [1.165, 1.54) is 4.31 Å². The van der Waals surface area contributed by atoms with Crippen LogP contribution in [-0.2, 0) is 14.8 Å². The number of aldehydes is 1. The van der Waals surface area contributed by atoms with E-state index in [0.717, 1.165) is 5.56 Å². The van der Waals surface area contributed by atoms with Gasteiger partial charge >= 0.3 is 0 Å². The van der Waals surface area contributed by atoms with E-state index in [2.05, 4.69) is 6.58 Å². The maximum absolute atomic E-state index is 13.3. The zero-order chi connectivity index (χ0) is 19.6. The number of aryl methyl sites for hydroxylation is 1. The number of carbonyl (C=O) groups excluding carboxylic acids is 1. The summed E-state index contributed by atoms with van der Waals surface area (Å²) in [6.45, 7) is 5.82. The number of rotatable bonds is 4. The fourth-order valence-electron chi connectivity index (χ4n) is 3.08. The molecule has 1 aliphatic heterocycles. The Morgan fingerprint density at radius 3 is 2.33 bits per heavy atom. The third-order valence-corrected chi connectivity index (χ3v) is 6.31. The summed E-state index contributed by atoms with van der Waals surface area (Å²) in [4.78, 5) is 11.5. The number of nitrogens with zero attached hydrogens (tertiary/aromatic N) is 2. The fraction of sp³-hybridized carbons (Fsp3) is 0.143.